The molecule has 2 aromatic rings. The van der Waals surface area contributed by atoms with Crippen LogP contribution in [0.15, 0.2) is 42.7 Å². The van der Waals surface area contributed by atoms with Crippen LogP contribution in [0, 0.1) is 0 Å². The first-order chi connectivity index (χ1) is 10.3. The summed E-state index contributed by atoms with van der Waals surface area (Å²) in [6.07, 6.45) is 5.05. The monoisotopic (exact) mass is 286 g/mol. The summed E-state index contributed by atoms with van der Waals surface area (Å²) in [6.45, 7) is 7.12. The molecule has 0 aliphatic heterocycles. The molecule has 1 heterocycles. The van der Waals surface area contributed by atoms with Crippen molar-refractivity contribution in [2.75, 3.05) is 20.1 Å². The fourth-order valence-electron chi connectivity index (χ4n) is 2.44. The van der Waals surface area contributed by atoms with Gasteiger partial charge in [0.2, 0.25) is 0 Å². The molecule has 0 unspecified atom stereocenters. The van der Waals surface area contributed by atoms with E-state index in [1.807, 2.05) is 12.4 Å². The molecule has 0 aliphatic carbocycles. The van der Waals surface area contributed by atoms with Crippen LogP contribution in [0.3, 0.4) is 0 Å². The Bertz CT molecular complexity index is 507. The maximum atomic E-state index is 4.37. The minimum absolute atomic E-state index is 0.850. The van der Waals surface area contributed by atoms with Crippen LogP contribution in [0.25, 0.3) is 0 Å². The molecule has 1 N–H and O–H groups in total. The van der Waals surface area contributed by atoms with Gasteiger partial charge in [0.05, 0.1) is 6.54 Å². The van der Waals surface area contributed by atoms with E-state index in [0.29, 0.717) is 0 Å². The van der Waals surface area contributed by atoms with E-state index < -0.39 is 0 Å². The van der Waals surface area contributed by atoms with E-state index in [0.717, 1.165) is 45.0 Å². The van der Waals surface area contributed by atoms with Gasteiger partial charge in [-0.3, -0.25) is 0 Å². The first-order valence-corrected chi connectivity index (χ1v) is 7.72. The van der Waals surface area contributed by atoms with Gasteiger partial charge in [-0.15, -0.1) is 0 Å². The van der Waals surface area contributed by atoms with Gasteiger partial charge in [0.15, 0.2) is 0 Å². The first kappa shape index (κ1) is 15.7. The van der Waals surface area contributed by atoms with Crippen LogP contribution in [0.2, 0.25) is 0 Å². The predicted octanol–water partition coefficient (Wildman–Crippen LogP) is 2.51. The summed E-state index contributed by atoms with van der Waals surface area (Å²) in [4.78, 5) is 6.73. The van der Waals surface area contributed by atoms with Crippen molar-refractivity contribution in [3.63, 3.8) is 0 Å². The quantitative estimate of drug-likeness (QED) is 0.719. The molecular weight excluding hydrogens is 260 g/mol. The lowest BCUT2D eigenvalue weighted by atomic mass is 10.2. The molecule has 1 aromatic heterocycles. The van der Waals surface area contributed by atoms with Gasteiger partial charge < -0.3 is 14.8 Å². The van der Waals surface area contributed by atoms with E-state index in [4.69, 9.17) is 0 Å². The smallest absolute Gasteiger partial charge is 0.122 e. The second kappa shape index (κ2) is 8.60. The van der Waals surface area contributed by atoms with E-state index in [9.17, 15) is 0 Å². The molecule has 2 rings (SSSR count). The van der Waals surface area contributed by atoms with Crippen molar-refractivity contribution in [1.82, 2.24) is 19.8 Å². The summed E-state index contributed by atoms with van der Waals surface area (Å²) >= 11 is 0. The van der Waals surface area contributed by atoms with Gasteiger partial charge in [-0.25, -0.2) is 4.98 Å². The van der Waals surface area contributed by atoms with Gasteiger partial charge in [0, 0.05) is 25.5 Å². The van der Waals surface area contributed by atoms with Crippen LogP contribution in [0.1, 0.15) is 24.7 Å². The topological polar surface area (TPSA) is 33.1 Å². The average molecular weight is 286 g/mol. The van der Waals surface area contributed by atoms with Crippen LogP contribution < -0.4 is 5.32 Å². The maximum absolute atomic E-state index is 4.37. The fourth-order valence-corrected chi connectivity index (χ4v) is 2.44. The van der Waals surface area contributed by atoms with Crippen LogP contribution in [-0.4, -0.2) is 34.6 Å². The molecule has 114 valence electrons. The Labute approximate surface area is 127 Å². The highest BCUT2D eigenvalue weighted by Gasteiger charge is 2.01. The van der Waals surface area contributed by atoms with Crippen molar-refractivity contribution in [3.05, 3.63) is 54.1 Å². The summed E-state index contributed by atoms with van der Waals surface area (Å²) in [5.41, 5.74) is 1.37. The summed E-state index contributed by atoms with van der Waals surface area (Å²) in [5.74, 6) is 1.12. The van der Waals surface area contributed by atoms with E-state index in [1.54, 1.807) is 0 Å². The van der Waals surface area contributed by atoms with E-state index >= 15 is 0 Å². The van der Waals surface area contributed by atoms with Crippen LogP contribution >= 0.6 is 0 Å². The first-order valence-electron chi connectivity index (χ1n) is 7.72. The Kier molecular flexibility index (Phi) is 6.44. The molecule has 0 aliphatic rings. The number of aromatic nitrogens is 2. The molecule has 0 amide bonds. The lowest BCUT2D eigenvalue weighted by Gasteiger charge is -2.16. The Morgan fingerprint density at radius 3 is 2.81 bits per heavy atom. The Balaban J connectivity index is 1.59. The van der Waals surface area contributed by atoms with Crippen molar-refractivity contribution in [1.29, 1.82) is 0 Å². The molecule has 0 atom stereocenters. The average Bonchev–Trinajstić information content (AvgIpc) is 2.95. The molecule has 21 heavy (non-hydrogen) atoms. The number of nitrogens with one attached hydrogen (secondary N) is 1. The summed E-state index contributed by atoms with van der Waals surface area (Å²) in [7, 11) is 2.18. The lowest BCUT2D eigenvalue weighted by molar-refractivity contribution is 0.319. The zero-order valence-corrected chi connectivity index (χ0v) is 13.1. The molecule has 4 nitrogen and oxygen atoms in total. The highest BCUT2D eigenvalue weighted by Crippen LogP contribution is 2.02. The molecule has 0 fully saturated rings. The van der Waals surface area contributed by atoms with Crippen molar-refractivity contribution >= 4 is 0 Å². The Morgan fingerprint density at radius 2 is 2.05 bits per heavy atom. The second-order valence-corrected chi connectivity index (χ2v) is 5.38. The van der Waals surface area contributed by atoms with Crippen molar-refractivity contribution in [3.8, 4) is 0 Å². The maximum Gasteiger partial charge on any atom is 0.122 e. The third-order valence-electron chi connectivity index (χ3n) is 3.61. The highest BCUT2D eigenvalue weighted by atomic mass is 15.1. The number of hydrogen-bond acceptors (Lipinski definition) is 3. The minimum atomic E-state index is 0.850. The largest absolute Gasteiger partial charge is 0.334 e. The predicted molar refractivity (Wildman–Crippen MR) is 87.0 cm³/mol. The van der Waals surface area contributed by atoms with Crippen molar-refractivity contribution in [2.45, 2.75) is 33.0 Å². The zero-order chi connectivity index (χ0) is 14.9. The number of aryl methyl sites for hydroxylation is 1. The summed E-state index contributed by atoms with van der Waals surface area (Å²) in [5, 5.41) is 3.47. The summed E-state index contributed by atoms with van der Waals surface area (Å²) < 4.78 is 2.18. The molecule has 0 saturated carbocycles. The van der Waals surface area contributed by atoms with Gasteiger partial charge in [0.25, 0.3) is 0 Å². The third kappa shape index (κ3) is 5.33. The molecule has 0 bridgehead atoms. The van der Waals surface area contributed by atoms with Gasteiger partial charge in [0.1, 0.15) is 5.82 Å². The van der Waals surface area contributed by atoms with E-state index in [1.165, 1.54) is 5.56 Å². The molecular formula is C17H26N4. The Hall–Kier alpha value is -1.65. The SMILES string of the molecule is CCn1ccnc1CNCCCN(C)Cc1ccccc1. The molecule has 0 saturated heterocycles. The molecule has 1 aromatic carbocycles. The van der Waals surface area contributed by atoms with Gasteiger partial charge in [-0.2, -0.15) is 0 Å². The van der Waals surface area contributed by atoms with Crippen LogP contribution in [0.5, 0.6) is 0 Å². The molecule has 4 heteroatoms. The second-order valence-electron chi connectivity index (χ2n) is 5.38. The third-order valence-corrected chi connectivity index (χ3v) is 3.61. The van der Waals surface area contributed by atoms with E-state index in [2.05, 4.69) is 64.1 Å². The van der Waals surface area contributed by atoms with Gasteiger partial charge in [-0.05, 0) is 39.0 Å². The number of hydrogen-bond donors (Lipinski definition) is 1. The lowest BCUT2D eigenvalue weighted by Crippen LogP contribution is -2.24. The Morgan fingerprint density at radius 1 is 1.24 bits per heavy atom. The standard InChI is InChI=1S/C17H26N4/c1-3-21-13-11-19-17(21)14-18-10-7-12-20(2)15-16-8-5-4-6-9-16/h4-6,8-9,11,13,18H,3,7,10,12,14-15H2,1-2H3. The number of rotatable bonds is 9. The number of imidazole rings is 1. The van der Waals surface area contributed by atoms with Crippen molar-refractivity contribution in [2.24, 2.45) is 0 Å². The highest BCUT2D eigenvalue weighted by molar-refractivity contribution is 5.14. The number of benzene rings is 1. The van der Waals surface area contributed by atoms with Gasteiger partial charge >= 0.3 is 0 Å². The van der Waals surface area contributed by atoms with Crippen LogP contribution in [0.4, 0.5) is 0 Å². The van der Waals surface area contributed by atoms with Crippen LogP contribution in [-0.2, 0) is 19.6 Å². The normalized spacial score (nSPS) is 11.2. The molecule has 0 spiro atoms. The van der Waals surface area contributed by atoms with Crippen molar-refractivity contribution < 1.29 is 0 Å². The van der Waals surface area contributed by atoms with E-state index in [-0.39, 0.29) is 0 Å². The summed E-state index contributed by atoms with van der Waals surface area (Å²) in [6, 6.07) is 10.6. The van der Waals surface area contributed by atoms with Gasteiger partial charge in [-0.1, -0.05) is 30.3 Å². The zero-order valence-electron chi connectivity index (χ0n) is 13.1. The minimum Gasteiger partial charge on any atom is -0.334 e. The molecule has 0 radical (unpaired) electrons. The fraction of sp³-hybridized carbons (Fsp3) is 0.471. The number of nitrogens with zero attached hydrogens (tertiary/aromatic N) is 3.